The van der Waals surface area contributed by atoms with Gasteiger partial charge in [-0.1, -0.05) is 0 Å². The molecule has 19 nitrogen and oxygen atoms in total. The summed E-state index contributed by atoms with van der Waals surface area (Å²) in [5.41, 5.74) is -0.536. The number of nitro benzene ring substituents is 2. The fourth-order valence-electron chi connectivity index (χ4n) is 3.53. The summed E-state index contributed by atoms with van der Waals surface area (Å²) in [5, 5.41) is 24.8. The summed E-state index contributed by atoms with van der Waals surface area (Å²) >= 11 is 0. The first kappa shape index (κ1) is 43.9. The first-order chi connectivity index (χ1) is 24.0. The van der Waals surface area contributed by atoms with E-state index in [-0.39, 0.29) is 42.6 Å². The van der Waals surface area contributed by atoms with E-state index in [1.54, 1.807) is 0 Å². The Bertz CT molecular complexity index is 991. The molecular weight excluding hydrogens is 658 g/mol. The maximum absolute atomic E-state index is 11.1. The van der Waals surface area contributed by atoms with Crippen LogP contribution < -0.4 is 5.32 Å². The van der Waals surface area contributed by atoms with E-state index >= 15 is 0 Å². The van der Waals surface area contributed by atoms with E-state index in [0.29, 0.717) is 126 Å². The van der Waals surface area contributed by atoms with E-state index in [0.717, 1.165) is 6.07 Å². The molecule has 0 amide bonds. The SMILES string of the molecule is COC(=O)CCOCCOCCOCCOCCOCCOCCOCCOCCOCCOCCNc1ccc([N+](=O)[O-])cc1[N+](=O)[O-]. The van der Waals surface area contributed by atoms with E-state index in [1.165, 1.54) is 19.2 Å². The molecule has 49 heavy (non-hydrogen) atoms. The van der Waals surface area contributed by atoms with Crippen molar-refractivity contribution in [3.05, 3.63) is 38.4 Å². The highest BCUT2D eigenvalue weighted by Gasteiger charge is 2.19. The normalized spacial score (nSPS) is 11.1. The molecule has 1 rings (SSSR count). The zero-order chi connectivity index (χ0) is 35.6. The van der Waals surface area contributed by atoms with Crippen molar-refractivity contribution in [1.82, 2.24) is 0 Å². The van der Waals surface area contributed by atoms with E-state index < -0.39 is 9.85 Å². The van der Waals surface area contributed by atoms with Gasteiger partial charge in [0, 0.05) is 12.6 Å². The van der Waals surface area contributed by atoms with Crippen LogP contribution >= 0.6 is 0 Å². The number of esters is 1. The number of nitrogens with one attached hydrogen (secondary N) is 1. The van der Waals surface area contributed by atoms with Gasteiger partial charge in [0.2, 0.25) is 0 Å². The van der Waals surface area contributed by atoms with Gasteiger partial charge in [0.25, 0.3) is 11.4 Å². The largest absolute Gasteiger partial charge is 0.469 e. The lowest BCUT2D eigenvalue weighted by molar-refractivity contribution is -0.393. The molecule has 282 valence electrons. The Kier molecular flexibility index (Phi) is 28.8. The molecule has 0 aliphatic heterocycles. The molecule has 0 saturated heterocycles. The van der Waals surface area contributed by atoms with Gasteiger partial charge in [-0.15, -0.1) is 0 Å². The summed E-state index contributed by atoms with van der Waals surface area (Å²) in [6.07, 6.45) is 0.231. The molecule has 0 saturated carbocycles. The van der Waals surface area contributed by atoms with Gasteiger partial charge in [-0.3, -0.25) is 25.0 Å². The van der Waals surface area contributed by atoms with Crippen molar-refractivity contribution in [3.8, 4) is 0 Å². The lowest BCUT2D eigenvalue weighted by atomic mass is 10.2. The van der Waals surface area contributed by atoms with Crippen LogP contribution in [0.25, 0.3) is 0 Å². The first-order valence-electron chi connectivity index (χ1n) is 16.0. The Morgan fingerprint density at radius 2 is 0.898 bits per heavy atom. The zero-order valence-corrected chi connectivity index (χ0v) is 28.2. The second kappa shape index (κ2) is 32.1. The van der Waals surface area contributed by atoms with E-state index in [2.05, 4.69) is 10.1 Å². The minimum absolute atomic E-state index is 0.182. The summed E-state index contributed by atoms with van der Waals surface area (Å²) < 4.78 is 58.6. The Morgan fingerprint density at radius 3 is 1.22 bits per heavy atom. The van der Waals surface area contributed by atoms with Crippen LogP contribution in [0, 0.1) is 20.2 Å². The van der Waals surface area contributed by atoms with Crippen molar-refractivity contribution < 1.29 is 66.7 Å². The second-order valence-corrected chi connectivity index (χ2v) is 9.59. The smallest absolute Gasteiger partial charge is 0.307 e. The third-order valence-corrected chi connectivity index (χ3v) is 5.98. The quantitative estimate of drug-likeness (QED) is 0.0453. The molecule has 0 aliphatic carbocycles. The van der Waals surface area contributed by atoms with Gasteiger partial charge in [0.1, 0.15) is 5.69 Å². The number of hydrogen-bond acceptors (Lipinski definition) is 17. The second-order valence-electron chi connectivity index (χ2n) is 9.59. The van der Waals surface area contributed by atoms with Gasteiger partial charge in [-0.05, 0) is 6.07 Å². The van der Waals surface area contributed by atoms with Gasteiger partial charge < -0.3 is 57.4 Å². The Hall–Kier alpha value is -3.11. The summed E-state index contributed by atoms with van der Waals surface area (Å²) in [4.78, 5) is 31.5. The fraction of sp³-hybridized carbons (Fsp3) is 0.767. The number of carbonyl (C=O) groups excluding carboxylic acids is 1. The third-order valence-electron chi connectivity index (χ3n) is 5.98. The molecular formula is C30H51N3O16. The molecule has 0 atom stereocenters. The molecule has 0 heterocycles. The predicted molar refractivity (Wildman–Crippen MR) is 173 cm³/mol. The number of non-ortho nitro benzene ring substituents is 1. The van der Waals surface area contributed by atoms with Crippen LogP contribution in [-0.4, -0.2) is 162 Å². The summed E-state index contributed by atoms with van der Waals surface area (Å²) in [6.45, 7) is 8.67. The molecule has 0 radical (unpaired) electrons. The number of anilines is 1. The van der Waals surface area contributed by atoms with Crippen molar-refractivity contribution in [1.29, 1.82) is 0 Å². The number of ether oxygens (including phenoxy) is 11. The molecule has 1 N–H and O–H groups in total. The Balaban J connectivity index is 1.73. The highest BCUT2D eigenvalue weighted by molar-refractivity contribution is 5.69. The fourth-order valence-corrected chi connectivity index (χ4v) is 3.53. The average molecular weight is 710 g/mol. The monoisotopic (exact) mass is 709 g/mol. The van der Waals surface area contributed by atoms with Crippen LogP contribution in [-0.2, 0) is 56.9 Å². The molecule has 0 aliphatic rings. The number of benzene rings is 1. The lowest BCUT2D eigenvalue weighted by Gasteiger charge is -2.09. The van der Waals surface area contributed by atoms with Crippen LogP contribution in [0.5, 0.6) is 0 Å². The maximum atomic E-state index is 11.1. The molecule has 0 unspecified atom stereocenters. The minimum atomic E-state index is -0.684. The summed E-state index contributed by atoms with van der Waals surface area (Å²) in [7, 11) is 1.34. The number of carbonyl (C=O) groups is 1. The van der Waals surface area contributed by atoms with Crippen LogP contribution in [0.2, 0.25) is 0 Å². The minimum Gasteiger partial charge on any atom is -0.469 e. The van der Waals surface area contributed by atoms with Gasteiger partial charge >= 0.3 is 5.97 Å². The number of nitro groups is 2. The third kappa shape index (κ3) is 26.4. The van der Waals surface area contributed by atoms with Crippen molar-refractivity contribution in [2.75, 3.05) is 151 Å². The molecule has 1 aromatic carbocycles. The van der Waals surface area contributed by atoms with Crippen LogP contribution in [0.3, 0.4) is 0 Å². The predicted octanol–water partition coefficient (Wildman–Crippen LogP) is 1.64. The molecule has 19 heteroatoms. The Morgan fingerprint density at radius 1 is 0.551 bits per heavy atom. The van der Waals surface area contributed by atoms with Crippen LogP contribution in [0.4, 0.5) is 17.1 Å². The average Bonchev–Trinajstić information content (AvgIpc) is 3.09. The van der Waals surface area contributed by atoms with Gasteiger partial charge in [-0.2, -0.15) is 0 Å². The van der Waals surface area contributed by atoms with E-state index in [1.807, 2.05) is 0 Å². The van der Waals surface area contributed by atoms with Crippen LogP contribution in [0.15, 0.2) is 18.2 Å². The lowest BCUT2D eigenvalue weighted by Crippen LogP contribution is -2.16. The highest BCUT2D eigenvalue weighted by atomic mass is 16.6. The van der Waals surface area contributed by atoms with Crippen molar-refractivity contribution in [2.45, 2.75) is 6.42 Å². The van der Waals surface area contributed by atoms with E-state index in [9.17, 15) is 25.0 Å². The maximum Gasteiger partial charge on any atom is 0.307 e. The standard InChI is InChI=1S/C30H51N3O16/c1-39-30(34)4-6-40-8-10-42-12-14-44-16-18-46-20-22-48-24-25-49-23-21-47-19-17-45-15-13-43-11-9-41-7-5-31-28-3-2-27(32(35)36)26-29(28)33(37)38/h2-3,26,31H,4-25H2,1H3. The summed E-state index contributed by atoms with van der Waals surface area (Å²) in [5.74, 6) is -0.298. The number of nitrogens with zero attached hydrogens (tertiary/aromatic N) is 2. The Labute approximate surface area is 285 Å². The molecule has 1 aromatic rings. The van der Waals surface area contributed by atoms with Gasteiger partial charge in [0.15, 0.2) is 0 Å². The number of rotatable bonds is 36. The highest BCUT2D eigenvalue weighted by Crippen LogP contribution is 2.28. The molecule has 0 bridgehead atoms. The topological polar surface area (TPSA) is 217 Å². The number of hydrogen-bond donors (Lipinski definition) is 1. The number of methoxy groups -OCH3 is 1. The van der Waals surface area contributed by atoms with Crippen molar-refractivity contribution in [3.63, 3.8) is 0 Å². The van der Waals surface area contributed by atoms with Gasteiger partial charge in [0.05, 0.1) is 162 Å². The zero-order valence-electron chi connectivity index (χ0n) is 28.2. The van der Waals surface area contributed by atoms with Crippen molar-refractivity contribution >= 4 is 23.0 Å². The molecule has 0 aromatic heterocycles. The van der Waals surface area contributed by atoms with Gasteiger partial charge in [-0.25, -0.2) is 0 Å². The first-order valence-corrected chi connectivity index (χ1v) is 16.0. The summed E-state index contributed by atoms with van der Waals surface area (Å²) in [6, 6.07) is 3.42. The van der Waals surface area contributed by atoms with Crippen molar-refractivity contribution in [2.24, 2.45) is 0 Å². The molecule has 0 fully saturated rings. The van der Waals surface area contributed by atoms with Crippen LogP contribution in [0.1, 0.15) is 6.42 Å². The van der Waals surface area contributed by atoms with E-state index in [4.69, 9.17) is 47.4 Å². The molecule has 0 spiro atoms.